The van der Waals surface area contributed by atoms with Crippen LogP contribution in [0.3, 0.4) is 0 Å². The number of aromatic nitrogens is 2. The van der Waals surface area contributed by atoms with Crippen molar-refractivity contribution in [3.8, 4) is 5.69 Å². The van der Waals surface area contributed by atoms with Crippen LogP contribution in [0.5, 0.6) is 0 Å². The third-order valence-corrected chi connectivity index (χ3v) is 3.53. The highest BCUT2D eigenvalue weighted by atomic mass is 35.5. The van der Waals surface area contributed by atoms with Crippen molar-refractivity contribution in [2.45, 2.75) is 13.3 Å². The number of rotatable bonds is 3. The minimum absolute atomic E-state index is 0.229. The summed E-state index contributed by atoms with van der Waals surface area (Å²) in [5.74, 6) is 1.11. The zero-order chi connectivity index (χ0) is 14.1. The van der Waals surface area contributed by atoms with Crippen molar-refractivity contribution < 1.29 is 4.39 Å². The molecule has 0 unspecified atom stereocenters. The molecule has 0 fully saturated rings. The molecule has 102 valence electrons. The number of benzene rings is 2. The van der Waals surface area contributed by atoms with E-state index in [1.165, 1.54) is 6.07 Å². The maximum Gasteiger partial charge on any atom is 0.128 e. The Morgan fingerprint density at radius 2 is 1.95 bits per heavy atom. The molecular formula is C16H14ClFN2. The zero-order valence-corrected chi connectivity index (χ0v) is 11.9. The van der Waals surface area contributed by atoms with Crippen LogP contribution in [0.1, 0.15) is 11.4 Å². The van der Waals surface area contributed by atoms with Crippen LogP contribution in [0.4, 0.5) is 4.39 Å². The van der Waals surface area contributed by atoms with Gasteiger partial charge < -0.3 is 0 Å². The summed E-state index contributed by atoms with van der Waals surface area (Å²) in [6.45, 7) is 1.76. The fourth-order valence-electron chi connectivity index (χ4n) is 2.37. The van der Waals surface area contributed by atoms with Gasteiger partial charge in [0, 0.05) is 24.1 Å². The van der Waals surface area contributed by atoms with Crippen LogP contribution in [-0.4, -0.2) is 15.4 Å². The first kappa shape index (κ1) is 13.1. The Bertz CT molecular complexity index is 750. The highest BCUT2D eigenvalue weighted by Crippen LogP contribution is 2.24. The van der Waals surface area contributed by atoms with Crippen molar-refractivity contribution in [3.05, 3.63) is 59.7 Å². The third-order valence-electron chi connectivity index (χ3n) is 3.34. The predicted octanol–water partition coefficient (Wildman–Crippen LogP) is 4.25. The fraction of sp³-hybridized carbons (Fsp3) is 0.188. The highest BCUT2D eigenvalue weighted by Gasteiger charge is 2.13. The van der Waals surface area contributed by atoms with Gasteiger partial charge in [-0.05, 0) is 30.7 Å². The van der Waals surface area contributed by atoms with Gasteiger partial charge in [0.1, 0.15) is 11.6 Å². The average Bonchev–Trinajstić information content (AvgIpc) is 2.78. The first-order valence-electron chi connectivity index (χ1n) is 6.49. The molecule has 4 heteroatoms. The van der Waals surface area contributed by atoms with E-state index in [0.29, 0.717) is 23.4 Å². The van der Waals surface area contributed by atoms with Crippen LogP contribution in [0, 0.1) is 12.7 Å². The summed E-state index contributed by atoms with van der Waals surface area (Å²) in [4.78, 5) is 4.52. The number of alkyl halides is 1. The van der Waals surface area contributed by atoms with Crippen LogP contribution in [-0.2, 0) is 6.42 Å². The van der Waals surface area contributed by atoms with Crippen LogP contribution >= 0.6 is 11.6 Å². The Balaban J connectivity index is 2.32. The summed E-state index contributed by atoms with van der Waals surface area (Å²) in [7, 11) is 0. The van der Waals surface area contributed by atoms with Crippen molar-refractivity contribution >= 4 is 22.6 Å². The molecule has 0 amide bonds. The Morgan fingerprint density at radius 3 is 2.65 bits per heavy atom. The standard InChI is InChI=1S/C16H14ClFN2/c1-11-9-15-14(10-13(11)18)19-16(7-8-17)20(15)12-5-3-2-4-6-12/h2-6,9-10H,7-8H2,1H3. The van der Waals surface area contributed by atoms with Crippen molar-refractivity contribution in [2.24, 2.45) is 0 Å². The molecule has 0 spiro atoms. The van der Waals surface area contributed by atoms with Gasteiger partial charge in [-0.3, -0.25) is 4.57 Å². The van der Waals surface area contributed by atoms with Gasteiger partial charge in [-0.15, -0.1) is 11.6 Å². The number of nitrogens with zero attached hydrogens (tertiary/aromatic N) is 2. The SMILES string of the molecule is Cc1cc2c(cc1F)nc(CCCl)n2-c1ccccc1. The maximum absolute atomic E-state index is 13.7. The maximum atomic E-state index is 13.7. The summed E-state index contributed by atoms with van der Waals surface area (Å²) >= 11 is 5.86. The Hall–Kier alpha value is -1.87. The number of fused-ring (bicyclic) bond motifs is 1. The predicted molar refractivity (Wildman–Crippen MR) is 80.2 cm³/mol. The number of aryl methyl sites for hydroxylation is 2. The number of hydrogen-bond acceptors (Lipinski definition) is 1. The summed E-state index contributed by atoms with van der Waals surface area (Å²) in [6.07, 6.45) is 0.645. The van der Waals surface area contributed by atoms with Crippen molar-refractivity contribution in [2.75, 3.05) is 5.88 Å². The molecular weight excluding hydrogens is 275 g/mol. The zero-order valence-electron chi connectivity index (χ0n) is 11.1. The van der Waals surface area contributed by atoms with Gasteiger partial charge in [-0.2, -0.15) is 0 Å². The number of hydrogen-bond donors (Lipinski definition) is 0. The van der Waals surface area contributed by atoms with E-state index in [9.17, 15) is 4.39 Å². The summed E-state index contributed by atoms with van der Waals surface area (Å²) in [5, 5.41) is 0. The van der Waals surface area contributed by atoms with E-state index in [2.05, 4.69) is 4.98 Å². The minimum Gasteiger partial charge on any atom is -0.296 e. The lowest BCUT2D eigenvalue weighted by Gasteiger charge is -2.08. The quantitative estimate of drug-likeness (QED) is 0.659. The minimum atomic E-state index is -0.229. The molecule has 20 heavy (non-hydrogen) atoms. The second-order valence-corrected chi connectivity index (χ2v) is 5.11. The van der Waals surface area contributed by atoms with Gasteiger partial charge in [0.15, 0.2) is 0 Å². The van der Waals surface area contributed by atoms with Gasteiger partial charge in [0.2, 0.25) is 0 Å². The van der Waals surface area contributed by atoms with E-state index in [4.69, 9.17) is 11.6 Å². The Kier molecular flexibility index (Phi) is 3.45. The van der Waals surface area contributed by atoms with E-state index in [1.54, 1.807) is 6.92 Å². The van der Waals surface area contributed by atoms with Gasteiger partial charge in [0.05, 0.1) is 11.0 Å². The van der Waals surface area contributed by atoms with Gasteiger partial charge in [-0.1, -0.05) is 18.2 Å². The van der Waals surface area contributed by atoms with Crippen LogP contribution in [0.15, 0.2) is 42.5 Å². The summed E-state index contributed by atoms with van der Waals surface area (Å²) in [5.41, 5.74) is 3.21. The molecule has 0 aliphatic rings. The normalized spacial score (nSPS) is 11.2. The summed E-state index contributed by atoms with van der Waals surface area (Å²) in [6, 6.07) is 13.3. The lowest BCUT2D eigenvalue weighted by Crippen LogP contribution is -2.02. The molecule has 1 heterocycles. The van der Waals surface area contributed by atoms with Crippen molar-refractivity contribution in [1.82, 2.24) is 9.55 Å². The average molecular weight is 289 g/mol. The topological polar surface area (TPSA) is 17.8 Å². The fourth-order valence-corrected chi connectivity index (χ4v) is 2.54. The highest BCUT2D eigenvalue weighted by molar-refractivity contribution is 6.17. The van der Waals surface area contributed by atoms with Crippen molar-refractivity contribution in [1.29, 1.82) is 0 Å². The second kappa shape index (κ2) is 5.25. The molecule has 0 radical (unpaired) electrons. The second-order valence-electron chi connectivity index (χ2n) is 4.73. The smallest absolute Gasteiger partial charge is 0.128 e. The molecule has 0 aliphatic heterocycles. The number of imidazole rings is 1. The molecule has 0 bridgehead atoms. The molecule has 0 aliphatic carbocycles. The van der Waals surface area contributed by atoms with E-state index in [0.717, 1.165) is 17.0 Å². The van der Waals surface area contributed by atoms with Gasteiger partial charge in [0.25, 0.3) is 0 Å². The molecule has 0 saturated heterocycles. The van der Waals surface area contributed by atoms with Gasteiger partial charge in [-0.25, -0.2) is 9.37 Å². The summed E-state index contributed by atoms with van der Waals surface area (Å²) < 4.78 is 15.7. The lowest BCUT2D eigenvalue weighted by atomic mass is 10.2. The first-order chi connectivity index (χ1) is 9.70. The largest absolute Gasteiger partial charge is 0.296 e. The first-order valence-corrected chi connectivity index (χ1v) is 7.03. The third kappa shape index (κ3) is 2.18. The molecule has 0 atom stereocenters. The van der Waals surface area contributed by atoms with E-state index in [1.807, 2.05) is 41.0 Å². The van der Waals surface area contributed by atoms with Crippen molar-refractivity contribution in [3.63, 3.8) is 0 Å². The molecule has 0 saturated carbocycles. The van der Waals surface area contributed by atoms with Crippen LogP contribution < -0.4 is 0 Å². The van der Waals surface area contributed by atoms with E-state index < -0.39 is 0 Å². The Morgan fingerprint density at radius 1 is 1.20 bits per heavy atom. The van der Waals surface area contributed by atoms with Crippen LogP contribution in [0.2, 0.25) is 0 Å². The number of para-hydroxylation sites is 1. The lowest BCUT2D eigenvalue weighted by molar-refractivity contribution is 0.620. The number of halogens is 2. The van der Waals surface area contributed by atoms with E-state index in [-0.39, 0.29) is 5.82 Å². The molecule has 3 aromatic rings. The molecule has 2 nitrogen and oxygen atoms in total. The molecule has 2 aromatic carbocycles. The molecule has 3 rings (SSSR count). The van der Waals surface area contributed by atoms with Gasteiger partial charge >= 0.3 is 0 Å². The van der Waals surface area contributed by atoms with Crippen LogP contribution in [0.25, 0.3) is 16.7 Å². The van der Waals surface area contributed by atoms with E-state index >= 15 is 0 Å². The molecule has 0 N–H and O–H groups in total. The Labute approximate surface area is 121 Å². The molecule has 1 aromatic heterocycles. The monoisotopic (exact) mass is 288 g/mol.